The van der Waals surface area contributed by atoms with Crippen LogP contribution < -0.4 is 10.3 Å². The van der Waals surface area contributed by atoms with Crippen molar-refractivity contribution in [2.45, 2.75) is 19.3 Å². The molecule has 8 heteroatoms. The lowest BCUT2D eigenvalue weighted by atomic mass is 9.96. The van der Waals surface area contributed by atoms with Gasteiger partial charge in [0, 0.05) is 24.0 Å². The standard InChI is InChI=1S/C28H20F3N3O2/c29-28(30,31)18-34-16-13-24(19-11-14-32-15-12-19)26(27(34)35)21-6-9-23(10-7-21)36-17-22-8-5-20-3-1-2-4-25(20)33-22/h1-16H,17-18H2. The lowest BCUT2D eigenvalue weighted by molar-refractivity contribution is -0.141. The van der Waals surface area contributed by atoms with Crippen LogP contribution in [0.25, 0.3) is 33.2 Å². The third-order valence-electron chi connectivity index (χ3n) is 5.69. The molecule has 36 heavy (non-hydrogen) atoms. The fourth-order valence-corrected chi connectivity index (χ4v) is 4.01. The first-order chi connectivity index (χ1) is 17.4. The molecule has 0 spiro atoms. The molecule has 0 bridgehead atoms. The zero-order valence-corrected chi connectivity index (χ0v) is 18.9. The molecule has 5 aromatic rings. The molecule has 2 aromatic carbocycles. The Hall–Kier alpha value is -4.46. The summed E-state index contributed by atoms with van der Waals surface area (Å²) in [6.07, 6.45) is -0.215. The summed E-state index contributed by atoms with van der Waals surface area (Å²) in [5, 5.41) is 1.04. The van der Waals surface area contributed by atoms with Gasteiger partial charge >= 0.3 is 6.18 Å². The Balaban J connectivity index is 1.44. The van der Waals surface area contributed by atoms with Crippen LogP contribution in [0.5, 0.6) is 5.75 Å². The van der Waals surface area contributed by atoms with Gasteiger partial charge in [-0.1, -0.05) is 36.4 Å². The number of benzene rings is 2. The van der Waals surface area contributed by atoms with E-state index in [0.29, 0.717) is 27.0 Å². The zero-order chi connectivity index (χ0) is 25.1. The minimum Gasteiger partial charge on any atom is -0.487 e. The van der Waals surface area contributed by atoms with Gasteiger partial charge in [0.25, 0.3) is 5.56 Å². The van der Waals surface area contributed by atoms with Crippen LogP contribution in [0.1, 0.15) is 5.69 Å². The minimum absolute atomic E-state index is 0.177. The number of fused-ring (bicyclic) bond motifs is 1. The Bertz CT molecular complexity index is 1560. The number of halogens is 3. The minimum atomic E-state index is -4.52. The van der Waals surface area contributed by atoms with Crippen LogP contribution in [0, 0.1) is 0 Å². The summed E-state index contributed by atoms with van der Waals surface area (Å²) in [4.78, 5) is 21.7. The van der Waals surface area contributed by atoms with Gasteiger partial charge in [-0.05, 0) is 59.2 Å². The third kappa shape index (κ3) is 5.12. The molecule has 0 saturated heterocycles. The fraction of sp³-hybridized carbons (Fsp3) is 0.107. The van der Waals surface area contributed by atoms with Crippen molar-refractivity contribution >= 4 is 10.9 Å². The van der Waals surface area contributed by atoms with Gasteiger partial charge in [0.2, 0.25) is 0 Å². The van der Waals surface area contributed by atoms with Crippen LogP contribution in [0.2, 0.25) is 0 Å². The summed E-state index contributed by atoms with van der Waals surface area (Å²) in [5.74, 6) is 0.547. The van der Waals surface area contributed by atoms with E-state index in [1.54, 1.807) is 48.8 Å². The first kappa shape index (κ1) is 23.3. The second kappa shape index (κ2) is 9.65. The normalized spacial score (nSPS) is 11.5. The van der Waals surface area contributed by atoms with Crippen molar-refractivity contribution in [3.63, 3.8) is 0 Å². The van der Waals surface area contributed by atoms with Crippen LogP contribution >= 0.6 is 0 Å². The Morgan fingerprint density at radius 2 is 1.58 bits per heavy atom. The molecule has 3 aromatic heterocycles. The molecule has 0 aliphatic carbocycles. The number of alkyl halides is 3. The van der Waals surface area contributed by atoms with Crippen LogP contribution in [0.15, 0.2) is 102 Å². The monoisotopic (exact) mass is 487 g/mol. The summed E-state index contributed by atoms with van der Waals surface area (Å²) in [5.41, 5.74) is 2.77. The molecule has 0 aliphatic heterocycles. The number of ether oxygens (including phenoxy) is 1. The second-order valence-corrected chi connectivity index (χ2v) is 8.20. The number of para-hydroxylation sites is 1. The summed E-state index contributed by atoms with van der Waals surface area (Å²) in [7, 11) is 0. The van der Waals surface area contributed by atoms with E-state index >= 15 is 0 Å². The van der Waals surface area contributed by atoms with Crippen molar-refractivity contribution in [2.24, 2.45) is 0 Å². The summed E-state index contributed by atoms with van der Waals surface area (Å²) >= 11 is 0. The van der Waals surface area contributed by atoms with Crippen molar-refractivity contribution in [3.05, 3.63) is 114 Å². The highest BCUT2D eigenvalue weighted by atomic mass is 19.4. The zero-order valence-electron chi connectivity index (χ0n) is 18.9. The van der Waals surface area contributed by atoms with Gasteiger partial charge in [-0.25, -0.2) is 4.98 Å². The predicted octanol–water partition coefficient (Wildman–Crippen LogP) is 6.27. The largest absolute Gasteiger partial charge is 0.487 e. The number of hydrogen-bond donors (Lipinski definition) is 0. The molecule has 0 atom stereocenters. The van der Waals surface area contributed by atoms with E-state index in [2.05, 4.69) is 9.97 Å². The van der Waals surface area contributed by atoms with E-state index in [-0.39, 0.29) is 12.2 Å². The van der Waals surface area contributed by atoms with Crippen LogP contribution in [-0.2, 0) is 13.2 Å². The first-order valence-corrected chi connectivity index (χ1v) is 11.2. The second-order valence-electron chi connectivity index (χ2n) is 8.20. The van der Waals surface area contributed by atoms with Crippen LogP contribution in [0.4, 0.5) is 13.2 Å². The van der Waals surface area contributed by atoms with E-state index in [0.717, 1.165) is 16.6 Å². The Labute approximate surface area is 204 Å². The third-order valence-corrected chi connectivity index (χ3v) is 5.69. The number of rotatable bonds is 6. The Morgan fingerprint density at radius 1 is 0.833 bits per heavy atom. The van der Waals surface area contributed by atoms with E-state index in [9.17, 15) is 18.0 Å². The summed E-state index contributed by atoms with van der Waals surface area (Å²) < 4.78 is 45.7. The molecule has 5 nitrogen and oxygen atoms in total. The van der Waals surface area contributed by atoms with Gasteiger partial charge in [0.15, 0.2) is 0 Å². The van der Waals surface area contributed by atoms with Gasteiger partial charge in [-0.2, -0.15) is 13.2 Å². The fourth-order valence-electron chi connectivity index (χ4n) is 4.01. The maximum absolute atomic E-state index is 13.2. The van der Waals surface area contributed by atoms with Crippen LogP contribution in [0.3, 0.4) is 0 Å². The van der Waals surface area contributed by atoms with Gasteiger partial charge < -0.3 is 9.30 Å². The maximum atomic E-state index is 13.2. The Morgan fingerprint density at radius 3 is 2.33 bits per heavy atom. The van der Waals surface area contributed by atoms with E-state index in [1.807, 2.05) is 36.4 Å². The highest BCUT2D eigenvalue weighted by Gasteiger charge is 2.29. The maximum Gasteiger partial charge on any atom is 0.406 e. The Kier molecular flexibility index (Phi) is 6.25. The number of aromatic nitrogens is 3. The molecule has 0 unspecified atom stereocenters. The molecule has 0 fully saturated rings. The first-order valence-electron chi connectivity index (χ1n) is 11.2. The smallest absolute Gasteiger partial charge is 0.406 e. The van der Waals surface area contributed by atoms with E-state index in [4.69, 9.17) is 4.74 Å². The average molecular weight is 487 g/mol. The van der Waals surface area contributed by atoms with Crippen LogP contribution in [-0.4, -0.2) is 20.7 Å². The molecule has 0 saturated carbocycles. The van der Waals surface area contributed by atoms with Crippen molar-refractivity contribution in [1.29, 1.82) is 0 Å². The average Bonchev–Trinajstić information content (AvgIpc) is 2.88. The number of nitrogens with zero attached hydrogens (tertiary/aromatic N) is 3. The molecular weight excluding hydrogens is 467 g/mol. The topological polar surface area (TPSA) is 57.0 Å². The van der Waals surface area contributed by atoms with Gasteiger partial charge in [-0.3, -0.25) is 9.78 Å². The number of pyridine rings is 3. The molecule has 0 amide bonds. The molecular formula is C28H20F3N3O2. The van der Waals surface area contributed by atoms with Gasteiger partial charge in [-0.15, -0.1) is 0 Å². The lowest BCUT2D eigenvalue weighted by Gasteiger charge is -2.15. The van der Waals surface area contributed by atoms with Gasteiger partial charge in [0.05, 0.1) is 16.8 Å². The molecule has 0 N–H and O–H groups in total. The summed E-state index contributed by atoms with van der Waals surface area (Å²) in [6, 6.07) is 23.3. The quantitative estimate of drug-likeness (QED) is 0.283. The molecule has 5 rings (SSSR count). The molecule has 0 radical (unpaired) electrons. The molecule has 0 aliphatic rings. The highest BCUT2D eigenvalue weighted by Crippen LogP contribution is 2.31. The molecule has 3 heterocycles. The summed E-state index contributed by atoms with van der Waals surface area (Å²) in [6.45, 7) is -1.12. The van der Waals surface area contributed by atoms with Crippen molar-refractivity contribution in [3.8, 4) is 28.0 Å². The van der Waals surface area contributed by atoms with Crippen molar-refractivity contribution in [1.82, 2.24) is 14.5 Å². The van der Waals surface area contributed by atoms with Crippen molar-refractivity contribution < 1.29 is 17.9 Å². The highest BCUT2D eigenvalue weighted by molar-refractivity contribution is 5.82. The van der Waals surface area contributed by atoms with E-state index in [1.165, 1.54) is 12.3 Å². The van der Waals surface area contributed by atoms with Crippen molar-refractivity contribution in [2.75, 3.05) is 0 Å². The van der Waals surface area contributed by atoms with Gasteiger partial charge in [0.1, 0.15) is 18.9 Å². The molecule has 180 valence electrons. The van der Waals surface area contributed by atoms with E-state index < -0.39 is 18.3 Å². The number of hydrogen-bond acceptors (Lipinski definition) is 4. The SMILES string of the molecule is O=c1c(-c2ccc(OCc3ccc4ccccc4n3)cc2)c(-c2ccncc2)ccn1CC(F)(F)F. The predicted molar refractivity (Wildman–Crippen MR) is 131 cm³/mol. The lowest BCUT2D eigenvalue weighted by Crippen LogP contribution is -2.29.